The summed E-state index contributed by atoms with van der Waals surface area (Å²) in [7, 11) is 1.70. The van der Waals surface area contributed by atoms with E-state index in [1.165, 1.54) is 11.8 Å². The van der Waals surface area contributed by atoms with Crippen LogP contribution in [0.3, 0.4) is 0 Å². The lowest BCUT2D eigenvalue weighted by Crippen LogP contribution is -2.08. The quantitative estimate of drug-likeness (QED) is 0.340. The van der Waals surface area contributed by atoms with Crippen LogP contribution >= 0.6 is 23.1 Å². The van der Waals surface area contributed by atoms with Crippen molar-refractivity contribution in [1.82, 2.24) is 19.7 Å². The van der Waals surface area contributed by atoms with Crippen molar-refractivity contribution in [2.24, 2.45) is 0 Å². The number of thiophene rings is 1. The number of H-pyrrole nitrogens is 1. The highest BCUT2D eigenvalue weighted by atomic mass is 32.2. The molecule has 3 aromatic heterocycles. The van der Waals surface area contributed by atoms with Gasteiger partial charge in [-0.1, -0.05) is 17.8 Å². The molecule has 138 valence electrons. The van der Waals surface area contributed by atoms with Crippen molar-refractivity contribution in [2.45, 2.75) is 32.0 Å². The Balaban J connectivity index is 1.62. The Bertz CT molecular complexity index is 868. The number of hydrogen-bond donors (Lipinski definition) is 1. The molecule has 0 aromatic carbocycles. The molecule has 0 aliphatic carbocycles. The summed E-state index contributed by atoms with van der Waals surface area (Å²) in [6.45, 7) is 5.61. The largest absolute Gasteiger partial charge is 0.385 e. The van der Waals surface area contributed by atoms with Crippen LogP contribution in [0, 0.1) is 13.8 Å². The van der Waals surface area contributed by atoms with E-state index in [0.29, 0.717) is 17.5 Å². The lowest BCUT2D eigenvalue weighted by atomic mass is 10.2. The number of carbonyl (C=O) groups excluding carboxylic acids is 1. The van der Waals surface area contributed by atoms with Gasteiger partial charge in [-0.2, -0.15) is 0 Å². The predicted octanol–water partition coefficient (Wildman–Crippen LogP) is 3.96. The molecule has 0 saturated carbocycles. The van der Waals surface area contributed by atoms with Gasteiger partial charge in [-0.3, -0.25) is 9.89 Å². The van der Waals surface area contributed by atoms with E-state index in [1.807, 2.05) is 37.4 Å². The molecule has 0 bridgehead atoms. The van der Waals surface area contributed by atoms with Gasteiger partial charge >= 0.3 is 0 Å². The molecule has 3 heterocycles. The highest BCUT2D eigenvalue weighted by Crippen LogP contribution is 2.24. The summed E-state index contributed by atoms with van der Waals surface area (Å²) in [5.41, 5.74) is 2.89. The summed E-state index contributed by atoms with van der Waals surface area (Å²) in [5.74, 6) is 1.17. The van der Waals surface area contributed by atoms with Gasteiger partial charge in [0.15, 0.2) is 11.6 Å². The average Bonchev–Trinajstić information content (AvgIpc) is 3.35. The summed E-state index contributed by atoms with van der Waals surface area (Å²) in [6, 6.07) is 5.94. The second kappa shape index (κ2) is 8.66. The highest BCUT2D eigenvalue weighted by molar-refractivity contribution is 7.99. The van der Waals surface area contributed by atoms with E-state index in [0.717, 1.165) is 40.6 Å². The molecular weight excluding hydrogens is 368 g/mol. The topological polar surface area (TPSA) is 72.8 Å². The van der Waals surface area contributed by atoms with Crippen LogP contribution < -0.4 is 0 Å². The van der Waals surface area contributed by atoms with Gasteiger partial charge in [0, 0.05) is 37.2 Å². The van der Waals surface area contributed by atoms with Crippen molar-refractivity contribution in [2.75, 3.05) is 19.5 Å². The number of aryl methyl sites for hydroxylation is 1. The Morgan fingerprint density at radius 2 is 2.27 bits per heavy atom. The van der Waals surface area contributed by atoms with Gasteiger partial charge in [-0.05, 0) is 37.8 Å². The fourth-order valence-electron chi connectivity index (χ4n) is 2.84. The van der Waals surface area contributed by atoms with Gasteiger partial charge < -0.3 is 9.30 Å². The van der Waals surface area contributed by atoms with Gasteiger partial charge in [-0.25, -0.2) is 4.98 Å². The van der Waals surface area contributed by atoms with Crippen LogP contribution in [-0.2, 0) is 11.3 Å². The number of nitrogens with one attached hydrogen (secondary N) is 1. The number of aromatic nitrogens is 4. The second-order valence-electron chi connectivity index (χ2n) is 5.94. The van der Waals surface area contributed by atoms with E-state index >= 15 is 0 Å². The summed E-state index contributed by atoms with van der Waals surface area (Å²) in [6.07, 6.45) is 0.928. The first kappa shape index (κ1) is 18.9. The van der Waals surface area contributed by atoms with Crippen molar-refractivity contribution in [3.05, 3.63) is 40.5 Å². The van der Waals surface area contributed by atoms with Crippen molar-refractivity contribution < 1.29 is 9.53 Å². The number of rotatable bonds is 9. The van der Waals surface area contributed by atoms with E-state index in [2.05, 4.69) is 19.7 Å². The van der Waals surface area contributed by atoms with Crippen LogP contribution in [0.25, 0.3) is 10.7 Å². The van der Waals surface area contributed by atoms with Crippen LogP contribution in [0.1, 0.15) is 28.2 Å². The third kappa shape index (κ3) is 4.25. The maximum Gasteiger partial charge on any atom is 0.209 e. The van der Waals surface area contributed by atoms with E-state index in [4.69, 9.17) is 4.74 Å². The van der Waals surface area contributed by atoms with Crippen molar-refractivity contribution in [3.63, 3.8) is 0 Å². The molecular formula is C18H22N4O2S2. The van der Waals surface area contributed by atoms with Gasteiger partial charge in [0.05, 0.1) is 10.6 Å². The maximum atomic E-state index is 12.6. The molecule has 26 heavy (non-hydrogen) atoms. The van der Waals surface area contributed by atoms with E-state index in [-0.39, 0.29) is 5.78 Å². The lowest BCUT2D eigenvalue weighted by molar-refractivity contribution is 0.102. The van der Waals surface area contributed by atoms with Crippen molar-refractivity contribution in [3.8, 4) is 10.7 Å². The van der Waals surface area contributed by atoms with E-state index < -0.39 is 0 Å². The first-order valence-electron chi connectivity index (χ1n) is 8.38. The van der Waals surface area contributed by atoms with Crippen molar-refractivity contribution >= 4 is 28.9 Å². The molecule has 8 heteroatoms. The molecule has 0 saturated heterocycles. The summed E-state index contributed by atoms with van der Waals surface area (Å²) >= 11 is 2.96. The molecule has 0 atom stereocenters. The minimum atomic E-state index is 0.101. The molecule has 0 amide bonds. The fourth-order valence-corrected chi connectivity index (χ4v) is 4.18. The number of Topliss-reactive ketones (excluding diaryl/α,β-unsaturated/α-hetero) is 1. The Morgan fingerprint density at radius 1 is 1.42 bits per heavy atom. The van der Waals surface area contributed by atoms with Crippen LogP contribution in [0.15, 0.2) is 28.7 Å². The Labute approximate surface area is 161 Å². The maximum absolute atomic E-state index is 12.6. The first-order valence-corrected chi connectivity index (χ1v) is 10.2. The third-order valence-corrected chi connectivity index (χ3v) is 5.88. The number of ketones is 1. The molecule has 1 N–H and O–H groups in total. The molecule has 3 rings (SSSR count). The van der Waals surface area contributed by atoms with Crippen LogP contribution in [0.2, 0.25) is 0 Å². The zero-order valence-electron chi connectivity index (χ0n) is 15.1. The molecule has 0 aliphatic rings. The molecule has 3 aromatic rings. The normalized spacial score (nSPS) is 11.2. The fraction of sp³-hybridized carbons (Fsp3) is 0.389. The van der Waals surface area contributed by atoms with Gasteiger partial charge in [0.2, 0.25) is 5.16 Å². The minimum absolute atomic E-state index is 0.101. The Morgan fingerprint density at radius 3 is 3.00 bits per heavy atom. The number of aromatic amines is 1. The molecule has 0 spiro atoms. The van der Waals surface area contributed by atoms with Crippen molar-refractivity contribution in [1.29, 1.82) is 0 Å². The number of ether oxygens (including phenoxy) is 1. The summed E-state index contributed by atoms with van der Waals surface area (Å²) < 4.78 is 7.29. The Kier molecular flexibility index (Phi) is 6.29. The summed E-state index contributed by atoms with van der Waals surface area (Å²) in [5, 5.41) is 9.71. The third-order valence-electron chi connectivity index (χ3n) is 4.16. The van der Waals surface area contributed by atoms with Gasteiger partial charge in [-0.15, -0.1) is 16.4 Å². The predicted molar refractivity (Wildman–Crippen MR) is 105 cm³/mol. The number of hydrogen-bond acceptors (Lipinski definition) is 6. The van der Waals surface area contributed by atoms with E-state index in [9.17, 15) is 4.79 Å². The number of carbonyl (C=O) groups is 1. The second-order valence-corrected chi connectivity index (χ2v) is 7.83. The SMILES string of the molecule is COCCCn1c(C)cc(C(=O)CSc2n[nH]c(-c3cccs3)n2)c1C. The van der Waals surface area contributed by atoms with Gasteiger partial charge in [0.25, 0.3) is 0 Å². The molecule has 0 aliphatic heterocycles. The van der Waals surface area contributed by atoms with E-state index in [1.54, 1.807) is 18.4 Å². The van der Waals surface area contributed by atoms with Gasteiger partial charge in [0.1, 0.15) is 0 Å². The van der Waals surface area contributed by atoms with Crippen LogP contribution in [0.5, 0.6) is 0 Å². The number of thioether (sulfide) groups is 1. The zero-order valence-corrected chi connectivity index (χ0v) is 16.7. The average molecular weight is 391 g/mol. The first-order chi connectivity index (χ1) is 12.6. The molecule has 6 nitrogen and oxygen atoms in total. The standard InChI is InChI=1S/C18H22N4O2S2/c1-12-10-14(13(2)22(12)7-5-8-24-3)15(23)11-26-18-19-17(20-21-18)16-6-4-9-25-16/h4,6,9-10H,5,7-8,11H2,1-3H3,(H,19,20,21). The highest BCUT2D eigenvalue weighted by Gasteiger charge is 2.17. The Hall–Kier alpha value is -1.90. The number of nitrogens with zero attached hydrogens (tertiary/aromatic N) is 3. The number of methoxy groups -OCH3 is 1. The smallest absolute Gasteiger partial charge is 0.209 e. The molecule has 0 radical (unpaired) electrons. The van der Waals surface area contributed by atoms with Crippen LogP contribution in [-0.4, -0.2) is 45.0 Å². The molecule has 0 fully saturated rings. The minimum Gasteiger partial charge on any atom is -0.385 e. The monoisotopic (exact) mass is 390 g/mol. The molecule has 0 unspecified atom stereocenters. The zero-order chi connectivity index (χ0) is 18.5. The van der Waals surface area contributed by atoms with Crippen LogP contribution in [0.4, 0.5) is 0 Å². The summed E-state index contributed by atoms with van der Waals surface area (Å²) in [4.78, 5) is 18.1. The lowest BCUT2D eigenvalue weighted by Gasteiger charge is -2.09.